The Morgan fingerprint density at radius 2 is 1.89 bits per heavy atom. The highest BCUT2D eigenvalue weighted by atomic mass is 19.4. The molecule has 2 fully saturated rings. The second-order valence-electron chi connectivity index (χ2n) is 8.75. The van der Waals surface area contributed by atoms with Crippen molar-refractivity contribution in [2.45, 2.75) is 57.9 Å². The molecule has 4 nitrogen and oxygen atoms in total. The van der Waals surface area contributed by atoms with Crippen LogP contribution in [0.15, 0.2) is 24.3 Å². The number of hydrogen-bond donors (Lipinski definition) is 2. The first kappa shape index (κ1) is 21.1. The van der Waals surface area contributed by atoms with Gasteiger partial charge in [0, 0.05) is 25.7 Å². The third kappa shape index (κ3) is 5.06. The van der Waals surface area contributed by atoms with Crippen LogP contribution in [0.25, 0.3) is 0 Å². The van der Waals surface area contributed by atoms with Crippen molar-refractivity contribution in [1.29, 1.82) is 0 Å². The summed E-state index contributed by atoms with van der Waals surface area (Å²) >= 11 is 0. The minimum atomic E-state index is -4.30. The molecule has 0 spiro atoms. The first-order valence-electron chi connectivity index (χ1n) is 10.1. The topological polar surface area (TPSA) is 58.4 Å². The summed E-state index contributed by atoms with van der Waals surface area (Å²) in [6.45, 7) is 6.67. The molecule has 1 aromatic carbocycles. The van der Waals surface area contributed by atoms with E-state index in [0.29, 0.717) is 24.3 Å². The number of hydrogen-bond acceptors (Lipinski definition) is 3. The Balaban J connectivity index is 1.57. The Bertz CT molecular complexity index is 674. The Morgan fingerprint density at radius 3 is 2.46 bits per heavy atom. The van der Waals surface area contributed by atoms with Crippen molar-refractivity contribution in [2.24, 2.45) is 23.5 Å². The van der Waals surface area contributed by atoms with Gasteiger partial charge in [0.05, 0.1) is 11.6 Å². The van der Waals surface area contributed by atoms with Gasteiger partial charge in [-0.05, 0) is 54.7 Å². The van der Waals surface area contributed by atoms with Gasteiger partial charge in [0.25, 0.3) is 0 Å². The molecule has 0 radical (unpaired) electrons. The second kappa shape index (κ2) is 8.41. The number of nitrogens with zero attached hydrogens (tertiary/aromatic N) is 1. The van der Waals surface area contributed by atoms with E-state index in [1.807, 2.05) is 0 Å². The quantitative estimate of drug-likeness (QED) is 0.741. The third-order valence-corrected chi connectivity index (χ3v) is 6.09. The van der Waals surface area contributed by atoms with E-state index in [-0.39, 0.29) is 18.0 Å². The van der Waals surface area contributed by atoms with E-state index < -0.39 is 11.7 Å². The van der Waals surface area contributed by atoms with Gasteiger partial charge in [-0.25, -0.2) is 0 Å². The molecule has 3 N–H and O–H groups in total. The Kier molecular flexibility index (Phi) is 6.34. The predicted molar refractivity (Wildman–Crippen MR) is 102 cm³/mol. The van der Waals surface area contributed by atoms with E-state index in [1.54, 1.807) is 12.1 Å². The minimum Gasteiger partial charge on any atom is -0.368 e. The number of nitrogens with two attached hydrogens (primary N) is 1. The number of carbonyl (C=O) groups is 1. The highest BCUT2D eigenvalue weighted by Crippen LogP contribution is 2.39. The van der Waals surface area contributed by atoms with Gasteiger partial charge >= 0.3 is 6.18 Å². The van der Waals surface area contributed by atoms with Crippen LogP contribution in [0.5, 0.6) is 0 Å². The summed E-state index contributed by atoms with van der Waals surface area (Å²) < 4.78 is 38.1. The molecule has 0 unspecified atom stereocenters. The first-order chi connectivity index (χ1) is 13.1. The maximum atomic E-state index is 12.7. The summed E-state index contributed by atoms with van der Waals surface area (Å²) in [6, 6.07) is 5.42. The van der Waals surface area contributed by atoms with Crippen LogP contribution in [0.2, 0.25) is 0 Å². The van der Waals surface area contributed by atoms with Gasteiger partial charge < -0.3 is 11.1 Å². The van der Waals surface area contributed by atoms with E-state index in [9.17, 15) is 18.0 Å². The van der Waals surface area contributed by atoms with Crippen molar-refractivity contribution < 1.29 is 18.0 Å². The van der Waals surface area contributed by atoms with E-state index in [4.69, 9.17) is 5.73 Å². The molecule has 3 rings (SSSR count). The third-order valence-electron chi connectivity index (χ3n) is 6.09. The van der Waals surface area contributed by atoms with Gasteiger partial charge in [-0.1, -0.05) is 26.0 Å². The van der Waals surface area contributed by atoms with Gasteiger partial charge in [-0.3, -0.25) is 9.69 Å². The van der Waals surface area contributed by atoms with E-state index >= 15 is 0 Å². The first-order valence-corrected chi connectivity index (χ1v) is 10.1. The fourth-order valence-electron chi connectivity index (χ4n) is 4.75. The van der Waals surface area contributed by atoms with Gasteiger partial charge in [-0.15, -0.1) is 0 Å². The zero-order chi connectivity index (χ0) is 20.5. The molecular weight excluding hydrogens is 367 g/mol. The molecule has 1 saturated heterocycles. The maximum Gasteiger partial charge on any atom is 0.416 e. The predicted octanol–water partition coefficient (Wildman–Crippen LogP) is 3.41. The molecule has 1 aliphatic carbocycles. The number of nitrogens with one attached hydrogen (secondary N) is 1. The zero-order valence-electron chi connectivity index (χ0n) is 16.5. The molecule has 0 aromatic heterocycles. The number of rotatable bonds is 7. The lowest BCUT2D eigenvalue weighted by atomic mass is 9.95. The van der Waals surface area contributed by atoms with Gasteiger partial charge in [0.15, 0.2) is 0 Å². The number of primary amides is 1. The number of likely N-dealkylation sites (tertiary alicyclic amines) is 1. The molecular formula is C21H30F3N3O. The number of benzene rings is 1. The lowest BCUT2D eigenvalue weighted by Gasteiger charge is -2.26. The Labute approximate surface area is 164 Å². The molecule has 1 aliphatic heterocycles. The molecule has 1 heterocycles. The molecule has 7 heteroatoms. The van der Waals surface area contributed by atoms with Crippen LogP contribution in [0.1, 0.15) is 44.2 Å². The number of carbonyl (C=O) groups excluding carboxylic acids is 1. The summed E-state index contributed by atoms with van der Waals surface area (Å²) in [5.74, 6) is 1.13. The van der Waals surface area contributed by atoms with Crippen LogP contribution in [0.3, 0.4) is 0 Å². The molecule has 1 saturated carbocycles. The fourth-order valence-corrected chi connectivity index (χ4v) is 4.75. The number of fused-ring (bicyclic) bond motifs is 1. The summed E-state index contributed by atoms with van der Waals surface area (Å²) in [5.41, 5.74) is 5.87. The standard InChI is InChI=1S/C21H30F3N3O/c1-13(2)9-19(20(25)28)26-18-8-5-15-11-27(12-17(15)18)10-14-3-6-16(7-4-14)21(22,23)24/h3-4,6-7,13,15,17-19,26H,5,8-12H2,1-2H3,(H2,25,28)/t15-,17+,18+,19+/m1/s1. The van der Waals surface area contributed by atoms with Crippen LogP contribution < -0.4 is 11.1 Å². The van der Waals surface area contributed by atoms with Crippen molar-refractivity contribution in [2.75, 3.05) is 13.1 Å². The number of amides is 1. The minimum absolute atomic E-state index is 0.277. The van der Waals surface area contributed by atoms with E-state index in [2.05, 4.69) is 24.1 Å². The molecule has 4 atom stereocenters. The van der Waals surface area contributed by atoms with Crippen LogP contribution in [0.4, 0.5) is 13.2 Å². The van der Waals surface area contributed by atoms with Crippen molar-refractivity contribution >= 4 is 5.91 Å². The number of halogens is 3. The lowest BCUT2D eigenvalue weighted by molar-refractivity contribution is -0.137. The van der Waals surface area contributed by atoms with E-state index in [1.165, 1.54) is 0 Å². The Hall–Kier alpha value is -1.60. The summed E-state index contributed by atoms with van der Waals surface area (Å²) in [7, 11) is 0. The molecule has 156 valence electrons. The summed E-state index contributed by atoms with van der Waals surface area (Å²) in [4.78, 5) is 14.1. The van der Waals surface area contributed by atoms with Crippen molar-refractivity contribution in [3.05, 3.63) is 35.4 Å². The molecule has 1 aromatic rings. The largest absolute Gasteiger partial charge is 0.416 e. The summed E-state index contributed by atoms with van der Waals surface area (Å²) in [6.07, 6.45) is -1.40. The molecule has 28 heavy (non-hydrogen) atoms. The highest BCUT2D eigenvalue weighted by Gasteiger charge is 2.43. The van der Waals surface area contributed by atoms with Gasteiger partial charge in [0.2, 0.25) is 5.91 Å². The fraction of sp³-hybridized carbons (Fsp3) is 0.667. The van der Waals surface area contributed by atoms with E-state index in [0.717, 1.165) is 50.0 Å². The van der Waals surface area contributed by atoms with Gasteiger partial charge in [0.1, 0.15) is 0 Å². The zero-order valence-corrected chi connectivity index (χ0v) is 16.5. The van der Waals surface area contributed by atoms with Crippen LogP contribution in [-0.2, 0) is 17.5 Å². The smallest absolute Gasteiger partial charge is 0.368 e. The number of alkyl halides is 3. The van der Waals surface area contributed by atoms with Crippen molar-refractivity contribution in [3.63, 3.8) is 0 Å². The van der Waals surface area contributed by atoms with Crippen LogP contribution >= 0.6 is 0 Å². The van der Waals surface area contributed by atoms with Gasteiger partial charge in [-0.2, -0.15) is 13.2 Å². The monoisotopic (exact) mass is 397 g/mol. The average molecular weight is 397 g/mol. The van der Waals surface area contributed by atoms with Crippen molar-refractivity contribution in [1.82, 2.24) is 10.2 Å². The second-order valence-corrected chi connectivity index (χ2v) is 8.75. The SMILES string of the molecule is CC(C)C[C@H](N[C@H]1CC[C@@H]2CN(Cc3ccc(C(F)(F)F)cc3)C[C@@H]21)C(N)=O. The Morgan fingerprint density at radius 1 is 1.21 bits per heavy atom. The van der Waals surface area contributed by atoms with Crippen molar-refractivity contribution in [3.8, 4) is 0 Å². The molecule has 1 amide bonds. The van der Waals surface area contributed by atoms with Crippen LogP contribution in [0, 0.1) is 17.8 Å². The molecule has 0 bridgehead atoms. The maximum absolute atomic E-state index is 12.7. The lowest BCUT2D eigenvalue weighted by Crippen LogP contribution is -2.49. The van der Waals surface area contributed by atoms with Crippen LogP contribution in [-0.4, -0.2) is 36.0 Å². The molecule has 2 aliphatic rings. The summed E-state index contributed by atoms with van der Waals surface area (Å²) in [5, 5.41) is 3.50. The average Bonchev–Trinajstić information content (AvgIpc) is 3.14. The normalized spacial score (nSPS) is 26.6. The highest BCUT2D eigenvalue weighted by molar-refractivity contribution is 5.79.